The Hall–Kier alpha value is -1.52. The molecule has 0 bridgehead atoms. The lowest BCUT2D eigenvalue weighted by Gasteiger charge is -2.10. The van der Waals surface area contributed by atoms with E-state index in [2.05, 4.69) is 0 Å². The average Bonchev–Trinajstić information content (AvgIpc) is 2.99. The highest BCUT2D eigenvalue weighted by atomic mass is 19.4. The van der Waals surface area contributed by atoms with Crippen LogP contribution in [-0.4, -0.2) is 11.1 Å². The van der Waals surface area contributed by atoms with Gasteiger partial charge in [-0.15, -0.1) is 0 Å². The Morgan fingerprint density at radius 3 is 2.41 bits per heavy atom. The summed E-state index contributed by atoms with van der Waals surface area (Å²) in [6.45, 7) is 0. The molecule has 0 aliphatic heterocycles. The van der Waals surface area contributed by atoms with Gasteiger partial charge in [0.05, 0.1) is 11.1 Å². The molecule has 5 heteroatoms. The lowest BCUT2D eigenvalue weighted by atomic mass is 10.0. The standard InChI is InChI=1S/C12H11F3O2/c13-12(14,15)10-5-8(3-7-1-2-7)4-9(6-10)11(16)17/h4-7H,1-3H2,(H,16,17). The van der Waals surface area contributed by atoms with Gasteiger partial charge in [0.1, 0.15) is 0 Å². The molecular weight excluding hydrogens is 233 g/mol. The monoisotopic (exact) mass is 244 g/mol. The van der Waals surface area contributed by atoms with Gasteiger partial charge in [0.25, 0.3) is 0 Å². The molecule has 0 saturated heterocycles. The molecule has 1 aliphatic rings. The van der Waals surface area contributed by atoms with E-state index >= 15 is 0 Å². The van der Waals surface area contributed by atoms with Crippen molar-refractivity contribution in [3.63, 3.8) is 0 Å². The summed E-state index contributed by atoms with van der Waals surface area (Å²) in [5.41, 5.74) is -0.719. The number of rotatable bonds is 3. The number of alkyl halides is 3. The van der Waals surface area contributed by atoms with Crippen molar-refractivity contribution >= 4 is 5.97 Å². The first-order chi connectivity index (χ1) is 7.86. The van der Waals surface area contributed by atoms with Crippen LogP contribution < -0.4 is 0 Å². The van der Waals surface area contributed by atoms with Crippen LogP contribution in [0.5, 0.6) is 0 Å². The first-order valence-electron chi connectivity index (χ1n) is 5.31. The minimum Gasteiger partial charge on any atom is -0.478 e. The number of carboxylic acid groups (broad SMARTS) is 1. The van der Waals surface area contributed by atoms with Gasteiger partial charge < -0.3 is 5.11 Å². The van der Waals surface area contributed by atoms with Gasteiger partial charge >= 0.3 is 12.1 Å². The van der Waals surface area contributed by atoms with Gasteiger partial charge in [-0.3, -0.25) is 0 Å². The van der Waals surface area contributed by atoms with Crippen molar-refractivity contribution in [2.45, 2.75) is 25.4 Å². The molecule has 1 aromatic rings. The maximum absolute atomic E-state index is 12.6. The fraction of sp³-hybridized carbons (Fsp3) is 0.417. The largest absolute Gasteiger partial charge is 0.478 e. The Morgan fingerprint density at radius 2 is 1.94 bits per heavy atom. The number of carboxylic acids is 1. The maximum Gasteiger partial charge on any atom is 0.416 e. The Kier molecular flexibility index (Phi) is 2.85. The van der Waals surface area contributed by atoms with Crippen LogP contribution in [0.4, 0.5) is 13.2 Å². The van der Waals surface area contributed by atoms with E-state index in [4.69, 9.17) is 5.11 Å². The first kappa shape index (κ1) is 12.0. The molecule has 0 amide bonds. The summed E-state index contributed by atoms with van der Waals surface area (Å²) in [5.74, 6) is -0.909. The van der Waals surface area contributed by atoms with Crippen LogP contribution in [-0.2, 0) is 12.6 Å². The van der Waals surface area contributed by atoms with Crippen molar-refractivity contribution in [3.8, 4) is 0 Å². The summed E-state index contributed by atoms with van der Waals surface area (Å²) in [5, 5.41) is 8.78. The highest BCUT2D eigenvalue weighted by molar-refractivity contribution is 5.88. The van der Waals surface area contributed by atoms with Gasteiger partial charge in [0.2, 0.25) is 0 Å². The Labute approximate surface area is 96.1 Å². The highest BCUT2D eigenvalue weighted by Crippen LogP contribution is 2.35. The zero-order valence-corrected chi connectivity index (χ0v) is 8.92. The minimum atomic E-state index is -4.50. The molecule has 2 nitrogen and oxygen atoms in total. The van der Waals surface area contributed by atoms with Crippen molar-refractivity contribution in [2.24, 2.45) is 5.92 Å². The second kappa shape index (κ2) is 4.05. The van der Waals surface area contributed by atoms with Crippen LogP contribution >= 0.6 is 0 Å². The topological polar surface area (TPSA) is 37.3 Å². The molecule has 2 rings (SSSR count). The number of hydrogen-bond acceptors (Lipinski definition) is 1. The molecule has 0 radical (unpaired) electrons. The zero-order chi connectivity index (χ0) is 12.6. The lowest BCUT2D eigenvalue weighted by molar-refractivity contribution is -0.137. The Balaban J connectivity index is 2.37. The zero-order valence-electron chi connectivity index (χ0n) is 8.92. The predicted octanol–water partition coefficient (Wildman–Crippen LogP) is 3.36. The number of benzene rings is 1. The quantitative estimate of drug-likeness (QED) is 0.885. The number of halogens is 3. The van der Waals surface area contributed by atoms with Gasteiger partial charge in [0, 0.05) is 0 Å². The number of carbonyl (C=O) groups is 1. The summed E-state index contributed by atoms with van der Waals surface area (Å²) in [6.07, 6.45) is -1.94. The molecular formula is C12H11F3O2. The molecule has 17 heavy (non-hydrogen) atoms. The summed E-state index contributed by atoms with van der Waals surface area (Å²) in [6, 6.07) is 3.05. The van der Waals surface area contributed by atoms with Crippen molar-refractivity contribution in [1.29, 1.82) is 0 Å². The Bertz CT molecular complexity index is 448. The Morgan fingerprint density at radius 1 is 1.29 bits per heavy atom. The van der Waals surface area contributed by atoms with Crippen LogP contribution in [0.3, 0.4) is 0 Å². The maximum atomic E-state index is 12.6. The van der Waals surface area contributed by atoms with E-state index in [1.165, 1.54) is 6.07 Å². The molecule has 1 fully saturated rings. The summed E-state index contributed by atoms with van der Waals surface area (Å²) in [7, 11) is 0. The highest BCUT2D eigenvalue weighted by Gasteiger charge is 2.32. The minimum absolute atomic E-state index is 0.296. The molecule has 1 aromatic carbocycles. The van der Waals surface area contributed by atoms with Gasteiger partial charge in [0.15, 0.2) is 0 Å². The molecule has 1 N–H and O–H groups in total. The number of hydrogen-bond donors (Lipinski definition) is 1. The second-order valence-electron chi connectivity index (χ2n) is 4.37. The molecule has 0 heterocycles. The van der Waals surface area contributed by atoms with Gasteiger partial charge in [-0.1, -0.05) is 0 Å². The molecule has 1 aliphatic carbocycles. The van der Waals surface area contributed by atoms with E-state index in [0.29, 0.717) is 24.0 Å². The molecule has 0 spiro atoms. The first-order valence-corrected chi connectivity index (χ1v) is 5.31. The molecule has 0 unspecified atom stereocenters. The third kappa shape index (κ3) is 2.99. The molecule has 0 atom stereocenters. The van der Waals surface area contributed by atoms with Crippen LogP contribution in [0.2, 0.25) is 0 Å². The van der Waals surface area contributed by atoms with Crippen molar-refractivity contribution in [3.05, 3.63) is 34.9 Å². The fourth-order valence-electron chi connectivity index (χ4n) is 1.75. The predicted molar refractivity (Wildman–Crippen MR) is 54.8 cm³/mol. The van der Waals surface area contributed by atoms with E-state index in [9.17, 15) is 18.0 Å². The van der Waals surface area contributed by atoms with Gasteiger partial charge in [-0.25, -0.2) is 4.79 Å². The van der Waals surface area contributed by atoms with E-state index in [-0.39, 0.29) is 5.56 Å². The van der Waals surface area contributed by atoms with Gasteiger partial charge in [-0.05, 0) is 48.9 Å². The average molecular weight is 244 g/mol. The van der Waals surface area contributed by atoms with Crippen LogP contribution in [0, 0.1) is 5.92 Å². The van der Waals surface area contributed by atoms with Crippen molar-refractivity contribution in [2.75, 3.05) is 0 Å². The smallest absolute Gasteiger partial charge is 0.416 e. The van der Waals surface area contributed by atoms with Crippen LogP contribution in [0.1, 0.15) is 34.3 Å². The molecule has 1 saturated carbocycles. The van der Waals surface area contributed by atoms with Crippen LogP contribution in [0.25, 0.3) is 0 Å². The third-order valence-corrected chi connectivity index (χ3v) is 2.79. The molecule has 0 aromatic heterocycles. The summed E-state index contributed by atoms with van der Waals surface area (Å²) < 4.78 is 37.7. The third-order valence-electron chi connectivity index (χ3n) is 2.79. The van der Waals surface area contributed by atoms with E-state index in [0.717, 1.165) is 18.9 Å². The van der Waals surface area contributed by atoms with E-state index in [1.807, 2.05) is 0 Å². The summed E-state index contributed by atoms with van der Waals surface area (Å²) >= 11 is 0. The van der Waals surface area contributed by atoms with Crippen LogP contribution in [0.15, 0.2) is 18.2 Å². The number of aromatic carboxylic acids is 1. The van der Waals surface area contributed by atoms with E-state index < -0.39 is 17.7 Å². The second-order valence-corrected chi connectivity index (χ2v) is 4.37. The summed E-state index contributed by atoms with van der Waals surface area (Å²) in [4.78, 5) is 10.8. The lowest BCUT2D eigenvalue weighted by Crippen LogP contribution is -2.09. The van der Waals surface area contributed by atoms with Crippen molar-refractivity contribution < 1.29 is 23.1 Å². The van der Waals surface area contributed by atoms with E-state index in [1.54, 1.807) is 0 Å². The fourth-order valence-corrected chi connectivity index (χ4v) is 1.75. The van der Waals surface area contributed by atoms with Gasteiger partial charge in [-0.2, -0.15) is 13.2 Å². The normalized spacial score (nSPS) is 15.9. The molecule has 92 valence electrons. The SMILES string of the molecule is O=C(O)c1cc(CC2CC2)cc(C(F)(F)F)c1. The van der Waals surface area contributed by atoms with Crippen molar-refractivity contribution in [1.82, 2.24) is 0 Å².